The minimum Gasteiger partial charge on any atom is -0.482 e. The van der Waals surface area contributed by atoms with Gasteiger partial charge in [-0.2, -0.15) is 5.26 Å². The van der Waals surface area contributed by atoms with Crippen LogP contribution in [-0.2, 0) is 9.59 Å². The molecule has 3 amide bonds. The van der Waals surface area contributed by atoms with Gasteiger partial charge < -0.3 is 10.1 Å². The largest absolute Gasteiger partial charge is 0.482 e. The lowest BCUT2D eigenvalue weighted by Crippen LogP contribution is -2.47. The van der Waals surface area contributed by atoms with E-state index in [4.69, 9.17) is 10.00 Å². The van der Waals surface area contributed by atoms with E-state index < -0.39 is 35.8 Å². The fourth-order valence-electron chi connectivity index (χ4n) is 2.07. The zero-order valence-electron chi connectivity index (χ0n) is 14.9. The number of non-ortho nitro benzene ring substituents is 1. The number of nitriles is 1. The van der Waals surface area contributed by atoms with Crippen molar-refractivity contribution in [1.29, 1.82) is 5.26 Å². The summed E-state index contributed by atoms with van der Waals surface area (Å²) in [5.41, 5.74) is 4.18. The number of hydrogen-bond donors (Lipinski definition) is 3. The van der Waals surface area contributed by atoms with Crippen LogP contribution in [0.3, 0.4) is 0 Å². The molecule has 2 aromatic carbocycles. The Labute approximate surface area is 164 Å². The van der Waals surface area contributed by atoms with Crippen molar-refractivity contribution in [2.75, 3.05) is 13.2 Å². The van der Waals surface area contributed by atoms with Crippen molar-refractivity contribution >= 4 is 23.4 Å². The molecule has 0 saturated heterocycles. The molecule has 148 valence electrons. The summed E-state index contributed by atoms with van der Waals surface area (Å²) < 4.78 is 5.20. The molecule has 0 aliphatic carbocycles. The van der Waals surface area contributed by atoms with Gasteiger partial charge in [-0.1, -0.05) is 18.2 Å². The Balaban J connectivity index is 1.74. The van der Waals surface area contributed by atoms with E-state index in [1.54, 1.807) is 12.1 Å². The monoisotopic (exact) mass is 397 g/mol. The van der Waals surface area contributed by atoms with E-state index in [0.717, 1.165) is 6.07 Å². The van der Waals surface area contributed by atoms with E-state index in [0.29, 0.717) is 0 Å². The van der Waals surface area contributed by atoms with Crippen LogP contribution in [0, 0.1) is 21.4 Å². The molecule has 11 heteroatoms. The van der Waals surface area contributed by atoms with Gasteiger partial charge in [-0.25, -0.2) is 0 Å². The predicted octanol–water partition coefficient (Wildman–Crippen LogP) is 0.423. The highest BCUT2D eigenvalue weighted by atomic mass is 16.6. The number of amides is 3. The van der Waals surface area contributed by atoms with E-state index in [1.807, 2.05) is 6.07 Å². The molecule has 0 aliphatic heterocycles. The standard InChI is InChI=1S/C18H15N5O6/c19-9-13-4-1-2-7-15(13)29-11-17(25)22-21-16(24)10-20-18(26)12-5-3-6-14(8-12)23(27)28/h1-8H,10-11H2,(H,20,26)(H,21,24)(H,22,25). The molecule has 0 bridgehead atoms. The van der Waals surface area contributed by atoms with Crippen molar-refractivity contribution in [2.24, 2.45) is 0 Å². The van der Waals surface area contributed by atoms with Gasteiger partial charge in [-0.15, -0.1) is 0 Å². The molecule has 0 atom stereocenters. The summed E-state index contributed by atoms with van der Waals surface area (Å²) in [5, 5.41) is 21.9. The van der Waals surface area contributed by atoms with Crippen molar-refractivity contribution in [3.8, 4) is 11.8 Å². The van der Waals surface area contributed by atoms with Gasteiger partial charge in [-0.05, 0) is 18.2 Å². The fraction of sp³-hybridized carbons (Fsp3) is 0.111. The summed E-state index contributed by atoms with van der Waals surface area (Å²) in [5.74, 6) is -1.88. The van der Waals surface area contributed by atoms with Crippen LogP contribution in [0.5, 0.6) is 5.75 Å². The summed E-state index contributed by atoms with van der Waals surface area (Å²) in [6.07, 6.45) is 0. The van der Waals surface area contributed by atoms with E-state index >= 15 is 0 Å². The van der Waals surface area contributed by atoms with Gasteiger partial charge in [0.05, 0.1) is 17.0 Å². The van der Waals surface area contributed by atoms with Crippen molar-refractivity contribution < 1.29 is 24.0 Å². The Bertz CT molecular complexity index is 985. The maximum atomic E-state index is 11.9. The van der Waals surface area contributed by atoms with Crippen LogP contribution < -0.4 is 20.9 Å². The van der Waals surface area contributed by atoms with E-state index in [1.165, 1.54) is 30.3 Å². The molecule has 0 unspecified atom stereocenters. The zero-order chi connectivity index (χ0) is 21.2. The quantitative estimate of drug-likeness (QED) is 0.450. The molecule has 2 aromatic rings. The third kappa shape index (κ3) is 6.33. The van der Waals surface area contributed by atoms with Gasteiger partial charge in [0.1, 0.15) is 11.8 Å². The number of nitrogens with one attached hydrogen (secondary N) is 3. The summed E-state index contributed by atoms with van der Waals surface area (Å²) in [6, 6.07) is 13.3. The molecule has 0 fully saturated rings. The van der Waals surface area contributed by atoms with Crippen LogP contribution in [0.25, 0.3) is 0 Å². The van der Waals surface area contributed by atoms with Crippen LogP contribution in [0.15, 0.2) is 48.5 Å². The highest BCUT2D eigenvalue weighted by Gasteiger charge is 2.13. The number of ether oxygens (including phenoxy) is 1. The lowest BCUT2D eigenvalue weighted by atomic mass is 10.2. The third-order valence-corrected chi connectivity index (χ3v) is 3.44. The highest BCUT2D eigenvalue weighted by molar-refractivity contribution is 5.97. The average Bonchev–Trinajstić information content (AvgIpc) is 2.74. The second-order valence-corrected chi connectivity index (χ2v) is 5.48. The van der Waals surface area contributed by atoms with Gasteiger partial charge in [-0.3, -0.25) is 35.3 Å². The molecule has 29 heavy (non-hydrogen) atoms. The minimum absolute atomic E-state index is 0.0144. The molecule has 2 rings (SSSR count). The Morgan fingerprint density at radius 1 is 1.07 bits per heavy atom. The van der Waals surface area contributed by atoms with Crippen molar-refractivity contribution in [1.82, 2.24) is 16.2 Å². The molecular formula is C18H15N5O6. The molecule has 0 heterocycles. The second kappa shape index (κ2) is 10.0. The van der Waals surface area contributed by atoms with E-state index in [2.05, 4.69) is 16.2 Å². The maximum Gasteiger partial charge on any atom is 0.276 e. The van der Waals surface area contributed by atoms with Crippen molar-refractivity contribution in [3.63, 3.8) is 0 Å². The second-order valence-electron chi connectivity index (χ2n) is 5.48. The lowest BCUT2D eigenvalue weighted by Gasteiger charge is -2.10. The number of para-hydroxylation sites is 1. The van der Waals surface area contributed by atoms with Crippen LogP contribution >= 0.6 is 0 Å². The number of benzene rings is 2. The maximum absolute atomic E-state index is 11.9. The number of carbonyl (C=O) groups excluding carboxylic acids is 3. The number of nitrogens with zero attached hydrogens (tertiary/aromatic N) is 2. The van der Waals surface area contributed by atoms with Crippen LogP contribution in [0.1, 0.15) is 15.9 Å². The van der Waals surface area contributed by atoms with Crippen molar-refractivity contribution in [3.05, 3.63) is 69.8 Å². The molecule has 0 aliphatic rings. The summed E-state index contributed by atoms with van der Waals surface area (Å²) >= 11 is 0. The number of hydrogen-bond acceptors (Lipinski definition) is 7. The van der Waals surface area contributed by atoms with Crippen LogP contribution in [-0.4, -0.2) is 35.8 Å². The normalized spacial score (nSPS) is 9.62. The Morgan fingerprint density at radius 3 is 2.52 bits per heavy atom. The summed E-state index contributed by atoms with van der Waals surface area (Å²) in [7, 11) is 0. The Hall–Kier alpha value is -4.46. The topological polar surface area (TPSA) is 163 Å². The first-order chi connectivity index (χ1) is 13.9. The summed E-state index contributed by atoms with van der Waals surface area (Å²) in [4.78, 5) is 45.4. The van der Waals surface area contributed by atoms with Crippen LogP contribution in [0.2, 0.25) is 0 Å². The third-order valence-electron chi connectivity index (χ3n) is 3.44. The Morgan fingerprint density at radius 2 is 1.79 bits per heavy atom. The smallest absolute Gasteiger partial charge is 0.276 e. The number of rotatable bonds is 7. The first kappa shape index (κ1) is 20.8. The fourth-order valence-corrected chi connectivity index (χ4v) is 2.07. The molecular weight excluding hydrogens is 382 g/mol. The molecule has 0 radical (unpaired) electrons. The lowest BCUT2D eigenvalue weighted by molar-refractivity contribution is -0.384. The zero-order valence-corrected chi connectivity index (χ0v) is 14.9. The SMILES string of the molecule is N#Cc1ccccc1OCC(=O)NNC(=O)CNC(=O)c1cccc([N+](=O)[O-])c1. The molecule has 0 aromatic heterocycles. The van der Waals surface area contributed by atoms with Gasteiger partial charge in [0.15, 0.2) is 6.61 Å². The van der Waals surface area contributed by atoms with Crippen LogP contribution in [0.4, 0.5) is 5.69 Å². The number of nitro benzene ring substituents is 1. The molecule has 0 saturated carbocycles. The van der Waals surface area contributed by atoms with E-state index in [9.17, 15) is 24.5 Å². The molecule has 3 N–H and O–H groups in total. The molecule has 0 spiro atoms. The molecule has 11 nitrogen and oxygen atoms in total. The number of carbonyl (C=O) groups is 3. The number of nitro groups is 1. The first-order valence-electron chi connectivity index (χ1n) is 8.13. The first-order valence-corrected chi connectivity index (χ1v) is 8.13. The highest BCUT2D eigenvalue weighted by Crippen LogP contribution is 2.16. The Kier molecular flexibility index (Phi) is 7.21. The van der Waals surface area contributed by atoms with E-state index in [-0.39, 0.29) is 22.6 Å². The number of hydrazine groups is 1. The van der Waals surface area contributed by atoms with Gasteiger partial charge >= 0.3 is 0 Å². The van der Waals surface area contributed by atoms with Crippen molar-refractivity contribution in [2.45, 2.75) is 0 Å². The average molecular weight is 397 g/mol. The van der Waals surface area contributed by atoms with Gasteiger partial charge in [0.2, 0.25) is 0 Å². The van der Waals surface area contributed by atoms with Gasteiger partial charge in [0.25, 0.3) is 23.4 Å². The summed E-state index contributed by atoms with van der Waals surface area (Å²) in [6.45, 7) is -0.918. The predicted molar refractivity (Wildman–Crippen MR) is 98.4 cm³/mol. The minimum atomic E-state index is -0.727. The van der Waals surface area contributed by atoms with Gasteiger partial charge in [0, 0.05) is 17.7 Å².